The van der Waals surface area contributed by atoms with E-state index < -0.39 is 6.55 Å². The third kappa shape index (κ3) is 4.04. The van der Waals surface area contributed by atoms with Crippen LogP contribution in [-0.4, -0.2) is 38.7 Å². The Morgan fingerprint density at radius 1 is 1.21 bits per heavy atom. The molecule has 1 aliphatic heterocycles. The molecule has 0 radical (unpaired) electrons. The summed E-state index contributed by atoms with van der Waals surface area (Å²) >= 11 is 0. The Hall–Kier alpha value is -3.09. The number of rotatable bonds is 4. The molecule has 0 N–H and O–H groups in total. The largest absolute Gasteiger partial charge is 0.337 e. The number of carbonyl (C=O) groups excluding carboxylic acids is 1. The number of piperidine rings is 1. The molecular formula is C22H22F2N4O. The molecule has 3 aromatic rings. The lowest BCUT2D eigenvalue weighted by Crippen LogP contribution is -2.39. The van der Waals surface area contributed by atoms with Crippen LogP contribution in [0.25, 0.3) is 11.1 Å². The number of carbonyl (C=O) groups is 1. The number of hydrogen-bond donors (Lipinski definition) is 0. The van der Waals surface area contributed by atoms with Gasteiger partial charge in [0, 0.05) is 37.0 Å². The van der Waals surface area contributed by atoms with Crippen LogP contribution >= 0.6 is 0 Å². The van der Waals surface area contributed by atoms with Crippen LogP contribution in [0.5, 0.6) is 0 Å². The first-order valence-corrected chi connectivity index (χ1v) is 9.66. The van der Waals surface area contributed by atoms with Crippen molar-refractivity contribution in [2.45, 2.75) is 32.2 Å². The molecule has 0 bridgehead atoms. The van der Waals surface area contributed by atoms with E-state index in [-0.39, 0.29) is 5.91 Å². The van der Waals surface area contributed by atoms with E-state index >= 15 is 0 Å². The lowest BCUT2D eigenvalue weighted by Gasteiger charge is -2.33. The van der Waals surface area contributed by atoms with Gasteiger partial charge in [-0.15, -0.1) is 0 Å². The van der Waals surface area contributed by atoms with Crippen molar-refractivity contribution in [1.29, 1.82) is 0 Å². The predicted octanol–water partition coefficient (Wildman–Crippen LogP) is 4.67. The molecule has 2 aromatic heterocycles. The van der Waals surface area contributed by atoms with E-state index in [1.165, 1.54) is 18.0 Å². The van der Waals surface area contributed by atoms with Crippen molar-refractivity contribution < 1.29 is 13.6 Å². The van der Waals surface area contributed by atoms with Gasteiger partial charge >= 0.3 is 6.55 Å². The van der Waals surface area contributed by atoms with Gasteiger partial charge in [0.2, 0.25) is 0 Å². The van der Waals surface area contributed by atoms with E-state index in [1.54, 1.807) is 12.3 Å². The molecule has 1 atom stereocenters. The third-order valence-corrected chi connectivity index (χ3v) is 5.41. The first-order chi connectivity index (χ1) is 14.0. The molecule has 0 spiro atoms. The van der Waals surface area contributed by atoms with Gasteiger partial charge in [-0.1, -0.05) is 30.3 Å². The highest BCUT2D eigenvalue weighted by atomic mass is 19.3. The van der Waals surface area contributed by atoms with Gasteiger partial charge in [0.05, 0.1) is 6.20 Å². The molecule has 0 saturated carbocycles. The number of pyridine rings is 1. The number of likely N-dealkylation sites (tertiary alicyclic amines) is 1. The summed E-state index contributed by atoms with van der Waals surface area (Å²) in [4.78, 5) is 19.3. The average molecular weight is 396 g/mol. The van der Waals surface area contributed by atoms with Crippen molar-refractivity contribution in [2.24, 2.45) is 0 Å². The maximum Gasteiger partial charge on any atom is 0.333 e. The Morgan fingerprint density at radius 2 is 2.00 bits per heavy atom. The highest BCUT2D eigenvalue weighted by Crippen LogP contribution is 2.29. The number of aryl methyl sites for hydroxylation is 1. The SMILES string of the molecule is Cc1cnc(C(=O)N2CCCC(c3ccccc3)C2)cc1-c1cnn(C(F)F)c1. The lowest BCUT2D eigenvalue weighted by molar-refractivity contribution is 0.0566. The van der Waals surface area contributed by atoms with E-state index in [0.717, 1.165) is 18.4 Å². The Labute approximate surface area is 168 Å². The van der Waals surface area contributed by atoms with Crippen LogP contribution in [0.4, 0.5) is 8.78 Å². The van der Waals surface area contributed by atoms with Gasteiger partial charge in [0.1, 0.15) is 5.69 Å². The molecule has 5 nitrogen and oxygen atoms in total. The highest BCUT2D eigenvalue weighted by molar-refractivity contribution is 5.93. The molecule has 1 saturated heterocycles. The second kappa shape index (κ2) is 8.11. The van der Waals surface area contributed by atoms with Gasteiger partial charge in [-0.25, -0.2) is 4.68 Å². The van der Waals surface area contributed by atoms with Crippen molar-refractivity contribution in [2.75, 3.05) is 13.1 Å². The normalized spacial score (nSPS) is 17.0. The number of alkyl halides is 2. The second-order valence-corrected chi connectivity index (χ2v) is 7.37. The minimum atomic E-state index is -2.70. The van der Waals surface area contributed by atoms with Crippen molar-refractivity contribution in [3.05, 3.63) is 71.8 Å². The van der Waals surface area contributed by atoms with Gasteiger partial charge in [0.15, 0.2) is 0 Å². The molecular weight excluding hydrogens is 374 g/mol. The fraction of sp³-hybridized carbons (Fsp3) is 0.318. The van der Waals surface area contributed by atoms with Crippen LogP contribution in [0.15, 0.2) is 55.0 Å². The summed E-state index contributed by atoms with van der Waals surface area (Å²) in [5, 5.41) is 3.69. The van der Waals surface area contributed by atoms with E-state index in [9.17, 15) is 13.6 Å². The summed E-state index contributed by atoms with van der Waals surface area (Å²) < 4.78 is 26.3. The van der Waals surface area contributed by atoms with Crippen LogP contribution in [0.1, 0.15) is 46.9 Å². The Morgan fingerprint density at radius 3 is 2.72 bits per heavy atom. The lowest BCUT2D eigenvalue weighted by atomic mass is 9.90. The zero-order valence-electron chi connectivity index (χ0n) is 16.1. The Kier molecular flexibility index (Phi) is 5.38. The first-order valence-electron chi connectivity index (χ1n) is 9.66. The topological polar surface area (TPSA) is 51.0 Å². The molecule has 4 rings (SSSR count). The van der Waals surface area contributed by atoms with Crippen molar-refractivity contribution in [3.8, 4) is 11.1 Å². The van der Waals surface area contributed by atoms with Crippen LogP contribution in [0, 0.1) is 6.92 Å². The number of nitrogens with zero attached hydrogens (tertiary/aromatic N) is 4. The fourth-order valence-corrected chi connectivity index (χ4v) is 3.86. The summed E-state index contributed by atoms with van der Waals surface area (Å²) in [6, 6.07) is 11.9. The number of halogens is 2. The maximum absolute atomic E-state index is 13.1. The van der Waals surface area contributed by atoms with Crippen molar-refractivity contribution in [1.82, 2.24) is 19.7 Å². The molecule has 29 heavy (non-hydrogen) atoms. The minimum Gasteiger partial charge on any atom is -0.337 e. The summed E-state index contributed by atoms with van der Waals surface area (Å²) in [6.07, 6.45) is 6.27. The van der Waals surface area contributed by atoms with E-state index in [1.807, 2.05) is 30.0 Å². The molecule has 1 unspecified atom stereocenters. The minimum absolute atomic E-state index is 0.131. The van der Waals surface area contributed by atoms with Gasteiger partial charge < -0.3 is 4.90 Å². The zero-order chi connectivity index (χ0) is 20.4. The summed E-state index contributed by atoms with van der Waals surface area (Å²) in [6.45, 7) is 0.478. The van der Waals surface area contributed by atoms with E-state index in [2.05, 4.69) is 22.2 Å². The van der Waals surface area contributed by atoms with Gasteiger partial charge in [-0.2, -0.15) is 13.9 Å². The van der Waals surface area contributed by atoms with E-state index in [4.69, 9.17) is 0 Å². The van der Waals surface area contributed by atoms with Crippen LogP contribution in [0.3, 0.4) is 0 Å². The van der Waals surface area contributed by atoms with Crippen LogP contribution in [0.2, 0.25) is 0 Å². The van der Waals surface area contributed by atoms with E-state index in [0.29, 0.717) is 40.5 Å². The number of amides is 1. The Bertz CT molecular complexity index is 1000. The molecule has 7 heteroatoms. The molecule has 3 heterocycles. The van der Waals surface area contributed by atoms with Crippen LogP contribution < -0.4 is 0 Å². The standard InChI is InChI=1S/C22H22F2N4O/c1-15-11-25-20(10-19(15)18-12-26-28(14-18)22(23)24)21(29)27-9-5-8-17(13-27)16-6-3-2-4-7-16/h2-4,6-7,10-12,14,17,22H,5,8-9,13H2,1H3. The highest BCUT2D eigenvalue weighted by Gasteiger charge is 2.26. The number of hydrogen-bond acceptors (Lipinski definition) is 3. The molecule has 1 aliphatic rings. The molecule has 1 fully saturated rings. The first kappa shape index (κ1) is 19.2. The van der Waals surface area contributed by atoms with Gasteiger partial charge in [-0.05, 0) is 42.5 Å². The smallest absolute Gasteiger partial charge is 0.333 e. The predicted molar refractivity (Wildman–Crippen MR) is 106 cm³/mol. The third-order valence-electron chi connectivity index (χ3n) is 5.41. The van der Waals surface area contributed by atoms with Crippen molar-refractivity contribution >= 4 is 5.91 Å². The fourth-order valence-electron chi connectivity index (χ4n) is 3.86. The zero-order valence-corrected chi connectivity index (χ0v) is 16.1. The van der Waals surface area contributed by atoms with Crippen LogP contribution in [-0.2, 0) is 0 Å². The monoisotopic (exact) mass is 396 g/mol. The average Bonchev–Trinajstić information content (AvgIpc) is 3.25. The maximum atomic E-state index is 13.1. The quantitative estimate of drug-likeness (QED) is 0.644. The summed E-state index contributed by atoms with van der Waals surface area (Å²) in [5.41, 5.74) is 3.59. The number of benzene rings is 1. The number of aromatic nitrogens is 3. The van der Waals surface area contributed by atoms with Gasteiger partial charge in [0.25, 0.3) is 5.91 Å². The second-order valence-electron chi connectivity index (χ2n) is 7.37. The molecule has 0 aliphatic carbocycles. The Balaban J connectivity index is 1.57. The van der Waals surface area contributed by atoms with Crippen molar-refractivity contribution in [3.63, 3.8) is 0 Å². The van der Waals surface area contributed by atoms with Gasteiger partial charge in [-0.3, -0.25) is 9.78 Å². The summed E-state index contributed by atoms with van der Waals surface area (Å²) in [7, 11) is 0. The molecule has 1 amide bonds. The molecule has 150 valence electrons. The molecule has 1 aromatic carbocycles. The summed E-state index contributed by atoms with van der Waals surface area (Å²) in [5.74, 6) is 0.177.